The van der Waals surface area contributed by atoms with Crippen molar-refractivity contribution in [3.05, 3.63) is 46.5 Å². The largest absolute Gasteiger partial charge is 0.379 e. The van der Waals surface area contributed by atoms with Gasteiger partial charge in [-0.2, -0.15) is 0 Å². The fourth-order valence-electron chi connectivity index (χ4n) is 3.46. The van der Waals surface area contributed by atoms with Gasteiger partial charge < -0.3 is 14.5 Å². The maximum absolute atomic E-state index is 13.9. The molecule has 1 aromatic carbocycles. The van der Waals surface area contributed by atoms with Gasteiger partial charge in [-0.25, -0.2) is 13.8 Å². The van der Waals surface area contributed by atoms with Crippen molar-refractivity contribution in [2.45, 2.75) is 6.54 Å². The Morgan fingerprint density at radius 1 is 1.07 bits per heavy atom. The van der Waals surface area contributed by atoms with Gasteiger partial charge in [0.25, 0.3) is 5.91 Å². The summed E-state index contributed by atoms with van der Waals surface area (Å²) in [6, 6.07) is 3.48. The number of aromatic nitrogens is 1. The van der Waals surface area contributed by atoms with Crippen molar-refractivity contribution in [2.24, 2.45) is 0 Å². The van der Waals surface area contributed by atoms with Crippen LogP contribution in [0.5, 0.6) is 0 Å². The standard InChI is InChI=1S/C19H22F2N4O2S/c20-15-2-1-3-16(21)17(15)18(26)24-4-6-25(7-5-24)19-22-14(13-28-19)12-23-8-10-27-11-9-23/h1-3,13H,4-12H2. The van der Waals surface area contributed by atoms with E-state index in [1.807, 2.05) is 0 Å². The molecule has 2 aliphatic heterocycles. The molecule has 4 rings (SSSR count). The lowest BCUT2D eigenvalue weighted by Crippen LogP contribution is -2.49. The molecule has 150 valence electrons. The second kappa shape index (κ2) is 8.50. The number of amides is 1. The molecule has 6 nitrogen and oxygen atoms in total. The number of carbonyl (C=O) groups excluding carboxylic acids is 1. The van der Waals surface area contributed by atoms with E-state index in [0.29, 0.717) is 26.2 Å². The van der Waals surface area contributed by atoms with Crippen LogP contribution in [0, 0.1) is 11.6 Å². The first-order chi connectivity index (χ1) is 13.6. The number of halogens is 2. The second-order valence-corrected chi connectivity index (χ2v) is 7.72. The van der Waals surface area contributed by atoms with Crippen LogP contribution in [0.2, 0.25) is 0 Å². The Morgan fingerprint density at radius 3 is 2.43 bits per heavy atom. The van der Waals surface area contributed by atoms with Gasteiger partial charge >= 0.3 is 0 Å². The molecule has 0 aliphatic carbocycles. The molecule has 1 amide bonds. The van der Waals surface area contributed by atoms with Gasteiger partial charge in [-0.15, -0.1) is 11.3 Å². The third-order valence-electron chi connectivity index (χ3n) is 5.04. The van der Waals surface area contributed by atoms with Crippen molar-refractivity contribution in [1.82, 2.24) is 14.8 Å². The molecule has 2 aromatic rings. The third-order valence-corrected chi connectivity index (χ3v) is 5.99. The average Bonchev–Trinajstić information content (AvgIpc) is 3.17. The van der Waals surface area contributed by atoms with E-state index >= 15 is 0 Å². The summed E-state index contributed by atoms with van der Waals surface area (Å²) in [5, 5.41) is 2.99. The van der Waals surface area contributed by atoms with Crippen molar-refractivity contribution in [1.29, 1.82) is 0 Å². The van der Waals surface area contributed by atoms with E-state index in [4.69, 9.17) is 9.72 Å². The van der Waals surface area contributed by atoms with Gasteiger partial charge in [0.15, 0.2) is 5.13 Å². The third kappa shape index (κ3) is 4.16. The van der Waals surface area contributed by atoms with Gasteiger partial charge in [0.2, 0.25) is 0 Å². The quantitative estimate of drug-likeness (QED) is 0.777. The highest BCUT2D eigenvalue weighted by Gasteiger charge is 2.27. The fraction of sp³-hybridized carbons (Fsp3) is 0.474. The Morgan fingerprint density at radius 2 is 1.75 bits per heavy atom. The molecule has 3 heterocycles. The second-order valence-electron chi connectivity index (χ2n) is 6.89. The number of morpholine rings is 1. The Bertz CT molecular complexity index is 813. The monoisotopic (exact) mass is 408 g/mol. The molecule has 0 bridgehead atoms. The van der Waals surface area contributed by atoms with E-state index in [1.165, 1.54) is 11.0 Å². The maximum Gasteiger partial charge on any atom is 0.259 e. The first-order valence-corrected chi connectivity index (χ1v) is 10.2. The van der Waals surface area contributed by atoms with Crippen LogP contribution in [0.25, 0.3) is 0 Å². The van der Waals surface area contributed by atoms with Gasteiger partial charge in [-0.05, 0) is 12.1 Å². The molecule has 0 saturated carbocycles. The number of ether oxygens (including phenoxy) is 1. The fourth-order valence-corrected chi connectivity index (χ4v) is 4.33. The topological polar surface area (TPSA) is 48.9 Å². The van der Waals surface area contributed by atoms with Crippen LogP contribution in [0.15, 0.2) is 23.6 Å². The number of thiazole rings is 1. The highest BCUT2D eigenvalue weighted by molar-refractivity contribution is 7.13. The minimum Gasteiger partial charge on any atom is -0.379 e. The summed E-state index contributed by atoms with van der Waals surface area (Å²) in [4.78, 5) is 23.2. The van der Waals surface area contributed by atoms with E-state index in [9.17, 15) is 13.6 Å². The van der Waals surface area contributed by atoms with Gasteiger partial charge in [0.05, 0.1) is 18.9 Å². The summed E-state index contributed by atoms with van der Waals surface area (Å²) >= 11 is 1.59. The lowest BCUT2D eigenvalue weighted by atomic mass is 10.1. The highest BCUT2D eigenvalue weighted by atomic mass is 32.1. The number of piperazine rings is 1. The number of hydrogen-bond acceptors (Lipinski definition) is 6. The highest BCUT2D eigenvalue weighted by Crippen LogP contribution is 2.24. The minimum absolute atomic E-state index is 0.408. The van der Waals surface area contributed by atoms with E-state index < -0.39 is 23.1 Å². The molecular weight excluding hydrogens is 386 g/mol. The van der Waals surface area contributed by atoms with Crippen LogP contribution in [-0.4, -0.2) is 73.2 Å². The minimum atomic E-state index is -0.819. The molecule has 1 aromatic heterocycles. The predicted molar refractivity (Wildman–Crippen MR) is 103 cm³/mol. The van der Waals surface area contributed by atoms with E-state index in [-0.39, 0.29) is 0 Å². The lowest BCUT2D eigenvalue weighted by molar-refractivity contribution is 0.0337. The number of nitrogens with zero attached hydrogens (tertiary/aromatic N) is 4. The molecule has 0 atom stereocenters. The van der Waals surface area contributed by atoms with E-state index in [0.717, 1.165) is 55.8 Å². The van der Waals surface area contributed by atoms with Crippen LogP contribution in [0.4, 0.5) is 13.9 Å². The number of hydrogen-bond donors (Lipinski definition) is 0. The smallest absolute Gasteiger partial charge is 0.259 e. The van der Waals surface area contributed by atoms with Gasteiger partial charge in [-0.1, -0.05) is 6.07 Å². The van der Waals surface area contributed by atoms with Gasteiger partial charge in [0.1, 0.15) is 17.2 Å². The Hall–Kier alpha value is -2.10. The summed E-state index contributed by atoms with van der Waals surface area (Å²) in [6.45, 7) is 6.16. The molecule has 2 saturated heterocycles. The molecule has 2 fully saturated rings. The van der Waals surface area contributed by atoms with E-state index in [1.54, 1.807) is 11.3 Å². The summed E-state index contributed by atoms with van der Waals surface area (Å²) in [6.07, 6.45) is 0. The molecule has 28 heavy (non-hydrogen) atoms. The molecule has 0 unspecified atom stereocenters. The first kappa shape index (κ1) is 19.2. The predicted octanol–water partition coefficient (Wildman–Crippen LogP) is 2.22. The zero-order valence-corrected chi connectivity index (χ0v) is 16.3. The van der Waals surface area contributed by atoms with Crippen molar-refractivity contribution in [2.75, 3.05) is 57.4 Å². The van der Waals surface area contributed by atoms with Crippen LogP contribution in [0.1, 0.15) is 16.1 Å². The molecule has 9 heteroatoms. The van der Waals surface area contributed by atoms with Crippen LogP contribution < -0.4 is 4.90 Å². The van der Waals surface area contributed by atoms with Gasteiger partial charge in [-0.3, -0.25) is 9.69 Å². The van der Waals surface area contributed by atoms with Crippen LogP contribution >= 0.6 is 11.3 Å². The zero-order chi connectivity index (χ0) is 19.5. The lowest BCUT2D eigenvalue weighted by Gasteiger charge is -2.34. The van der Waals surface area contributed by atoms with Crippen molar-refractivity contribution >= 4 is 22.4 Å². The number of carbonyl (C=O) groups is 1. The normalized spacial score (nSPS) is 18.5. The van der Waals surface area contributed by atoms with Crippen LogP contribution in [0.3, 0.4) is 0 Å². The molecular formula is C19H22F2N4O2S. The first-order valence-electron chi connectivity index (χ1n) is 9.34. The number of rotatable bonds is 4. The Kier molecular flexibility index (Phi) is 5.84. The van der Waals surface area contributed by atoms with Crippen molar-refractivity contribution < 1.29 is 18.3 Å². The molecule has 2 aliphatic rings. The summed E-state index contributed by atoms with van der Waals surface area (Å²) < 4.78 is 33.1. The zero-order valence-electron chi connectivity index (χ0n) is 15.4. The summed E-state index contributed by atoms with van der Waals surface area (Å²) in [7, 11) is 0. The number of anilines is 1. The van der Waals surface area contributed by atoms with Crippen molar-refractivity contribution in [3.8, 4) is 0 Å². The summed E-state index contributed by atoms with van der Waals surface area (Å²) in [5.74, 6) is -2.23. The Labute approximate surface area is 166 Å². The van der Waals surface area contributed by atoms with Gasteiger partial charge in [0, 0.05) is 51.2 Å². The van der Waals surface area contributed by atoms with Crippen LogP contribution in [-0.2, 0) is 11.3 Å². The number of benzene rings is 1. The molecule has 0 radical (unpaired) electrons. The average molecular weight is 408 g/mol. The maximum atomic E-state index is 13.9. The Balaban J connectivity index is 1.35. The molecule has 0 N–H and O–H groups in total. The van der Waals surface area contributed by atoms with Crippen molar-refractivity contribution in [3.63, 3.8) is 0 Å². The van der Waals surface area contributed by atoms with E-state index in [2.05, 4.69) is 15.2 Å². The molecule has 0 spiro atoms. The SMILES string of the molecule is O=C(c1c(F)cccc1F)N1CCN(c2nc(CN3CCOCC3)cs2)CC1. The summed E-state index contributed by atoms with van der Waals surface area (Å²) in [5.41, 5.74) is 0.562.